The van der Waals surface area contributed by atoms with Gasteiger partial charge in [-0.1, -0.05) is 34.6 Å². The smallest absolute Gasteiger partial charge is 0.0149 e. The highest BCUT2D eigenvalue weighted by Gasteiger charge is 2.21. The maximum absolute atomic E-state index is 3.57. The van der Waals surface area contributed by atoms with Gasteiger partial charge < -0.3 is 5.32 Å². The molecule has 0 aromatic carbocycles. The van der Waals surface area contributed by atoms with E-state index in [1.165, 1.54) is 26.1 Å². The maximum Gasteiger partial charge on any atom is 0.0149 e. The lowest BCUT2D eigenvalue weighted by molar-refractivity contribution is 0.267. The Morgan fingerprint density at radius 3 is 2.24 bits per heavy atom. The summed E-state index contributed by atoms with van der Waals surface area (Å²) in [5, 5.41) is 5.17. The van der Waals surface area contributed by atoms with Gasteiger partial charge in [-0.2, -0.15) is 11.8 Å². The number of nitrogens with one attached hydrogen (secondary N) is 1. The molecule has 1 saturated heterocycles. The average molecular weight is 258 g/mol. The molecule has 0 spiro atoms. The van der Waals surface area contributed by atoms with Crippen molar-refractivity contribution in [2.75, 3.05) is 32.7 Å². The number of thioether (sulfide) groups is 1. The van der Waals surface area contributed by atoms with Crippen molar-refractivity contribution in [3.05, 3.63) is 0 Å². The number of rotatable bonds is 5. The van der Waals surface area contributed by atoms with Crippen LogP contribution in [0.25, 0.3) is 0 Å². The molecular formula is C14H30N2S. The second-order valence-electron chi connectivity index (χ2n) is 6.58. The molecule has 1 fully saturated rings. The first-order valence-corrected chi connectivity index (χ1v) is 7.89. The predicted octanol–water partition coefficient (Wildman–Crippen LogP) is 2.84. The highest BCUT2D eigenvalue weighted by atomic mass is 32.2. The minimum absolute atomic E-state index is 0.456. The summed E-state index contributed by atoms with van der Waals surface area (Å²) in [6, 6.07) is 0. The Labute approximate surface area is 112 Å². The molecule has 0 aliphatic carbocycles. The van der Waals surface area contributed by atoms with Crippen LogP contribution in [0.1, 0.15) is 41.0 Å². The molecule has 1 rings (SSSR count). The van der Waals surface area contributed by atoms with Crippen LogP contribution in [0.15, 0.2) is 0 Å². The van der Waals surface area contributed by atoms with Gasteiger partial charge in [-0.05, 0) is 18.4 Å². The van der Waals surface area contributed by atoms with Gasteiger partial charge in [-0.25, -0.2) is 0 Å². The lowest BCUT2D eigenvalue weighted by Crippen LogP contribution is -2.43. The zero-order valence-electron chi connectivity index (χ0n) is 12.3. The number of nitrogens with zero attached hydrogens (tertiary/aromatic N) is 1. The van der Waals surface area contributed by atoms with Gasteiger partial charge in [-0.15, -0.1) is 0 Å². The first-order chi connectivity index (χ1) is 7.87. The van der Waals surface area contributed by atoms with Crippen LogP contribution in [0.5, 0.6) is 0 Å². The van der Waals surface area contributed by atoms with Crippen LogP contribution >= 0.6 is 11.8 Å². The van der Waals surface area contributed by atoms with Crippen LogP contribution < -0.4 is 5.32 Å². The second-order valence-corrected chi connectivity index (χ2v) is 8.46. The zero-order valence-corrected chi connectivity index (χ0v) is 13.1. The molecule has 3 heteroatoms. The summed E-state index contributed by atoms with van der Waals surface area (Å²) < 4.78 is 0. The van der Waals surface area contributed by atoms with E-state index in [0.717, 1.165) is 23.6 Å². The lowest BCUT2D eigenvalue weighted by Gasteiger charge is -2.34. The van der Waals surface area contributed by atoms with Crippen LogP contribution in [-0.2, 0) is 0 Å². The molecule has 0 bridgehead atoms. The summed E-state index contributed by atoms with van der Waals surface area (Å²) in [4.78, 5) is 2.61. The Balaban J connectivity index is 2.06. The van der Waals surface area contributed by atoms with Crippen molar-refractivity contribution in [2.24, 2.45) is 5.41 Å². The van der Waals surface area contributed by atoms with Crippen LogP contribution in [0, 0.1) is 5.41 Å². The first-order valence-electron chi connectivity index (χ1n) is 6.95. The van der Waals surface area contributed by atoms with Gasteiger partial charge in [0, 0.05) is 36.7 Å². The fourth-order valence-corrected chi connectivity index (χ4v) is 3.68. The number of hydrogen-bond donors (Lipinski definition) is 1. The second kappa shape index (κ2) is 7.01. The van der Waals surface area contributed by atoms with E-state index in [2.05, 4.69) is 56.6 Å². The Kier molecular flexibility index (Phi) is 6.32. The van der Waals surface area contributed by atoms with E-state index in [9.17, 15) is 0 Å². The molecule has 17 heavy (non-hydrogen) atoms. The molecule has 0 radical (unpaired) electrons. The summed E-state index contributed by atoms with van der Waals surface area (Å²) in [6.45, 7) is 17.6. The van der Waals surface area contributed by atoms with Crippen molar-refractivity contribution in [2.45, 2.75) is 51.5 Å². The van der Waals surface area contributed by atoms with Crippen LogP contribution in [0.2, 0.25) is 0 Å². The third kappa shape index (κ3) is 7.32. The molecule has 1 aliphatic rings. The van der Waals surface area contributed by atoms with Crippen molar-refractivity contribution in [1.29, 1.82) is 0 Å². The fourth-order valence-electron chi connectivity index (χ4n) is 2.29. The highest BCUT2D eigenvalue weighted by Crippen LogP contribution is 2.24. The average Bonchev–Trinajstić information content (AvgIpc) is 2.13. The maximum atomic E-state index is 3.57. The Hall–Kier alpha value is 0.270. The Morgan fingerprint density at radius 1 is 1.12 bits per heavy atom. The van der Waals surface area contributed by atoms with Crippen molar-refractivity contribution in [1.82, 2.24) is 10.2 Å². The summed E-state index contributed by atoms with van der Waals surface area (Å²) >= 11 is 2.13. The first kappa shape index (κ1) is 15.3. The molecule has 2 unspecified atom stereocenters. The minimum Gasteiger partial charge on any atom is -0.315 e. The molecule has 1 N–H and O–H groups in total. The molecular weight excluding hydrogens is 228 g/mol. The summed E-state index contributed by atoms with van der Waals surface area (Å²) in [5.74, 6) is 0. The molecule has 0 amide bonds. The summed E-state index contributed by atoms with van der Waals surface area (Å²) in [6.07, 6.45) is 1.26. The molecule has 2 atom stereocenters. The molecule has 0 aromatic heterocycles. The van der Waals surface area contributed by atoms with E-state index in [0.29, 0.717) is 5.41 Å². The fraction of sp³-hybridized carbons (Fsp3) is 1.00. The van der Waals surface area contributed by atoms with Crippen LogP contribution in [0.4, 0.5) is 0 Å². The SMILES string of the molecule is CC1CN(CCNCCC(C)(C)C)CC(C)S1. The van der Waals surface area contributed by atoms with Gasteiger partial charge in [0.25, 0.3) is 0 Å². The molecule has 2 nitrogen and oxygen atoms in total. The Bertz CT molecular complexity index is 203. The van der Waals surface area contributed by atoms with E-state index in [4.69, 9.17) is 0 Å². The van der Waals surface area contributed by atoms with Crippen LogP contribution in [-0.4, -0.2) is 48.1 Å². The molecule has 1 heterocycles. The lowest BCUT2D eigenvalue weighted by atomic mass is 9.92. The molecule has 102 valence electrons. The van der Waals surface area contributed by atoms with Gasteiger partial charge in [0.15, 0.2) is 0 Å². The van der Waals surface area contributed by atoms with Crippen molar-refractivity contribution >= 4 is 11.8 Å². The molecule has 0 saturated carbocycles. The third-order valence-electron chi connectivity index (χ3n) is 3.15. The monoisotopic (exact) mass is 258 g/mol. The van der Waals surface area contributed by atoms with E-state index in [1.807, 2.05) is 0 Å². The van der Waals surface area contributed by atoms with E-state index < -0.39 is 0 Å². The topological polar surface area (TPSA) is 15.3 Å². The largest absolute Gasteiger partial charge is 0.315 e. The van der Waals surface area contributed by atoms with E-state index in [-0.39, 0.29) is 0 Å². The summed E-state index contributed by atoms with van der Waals surface area (Å²) in [7, 11) is 0. The number of hydrogen-bond acceptors (Lipinski definition) is 3. The van der Waals surface area contributed by atoms with Gasteiger partial charge in [0.1, 0.15) is 0 Å². The van der Waals surface area contributed by atoms with Crippen LogP contribution in [0.3, 0.4) is 0 Å². The molecule has 0 aromatic rings. The Morgan fingerprint density at radius 2 is 1.71 bits per heavy atom. The third-order valence-corrected chi connectivity index (χ3v) is 4.38. The molecule has 1 aliphatic heterocycles. The van der Waals surface area contributed by atoms with Crippen molar-refractivity contribution in [3.8, 4) is 0 Å². The van der Waals surface area contributed by atoms with Crippen molar-refractivity contribution in [3.63, 3.8) is 0 Å². The predicted molar refractivity (Wildman–Crippen MR) is 79.9 cm³/mol. The van der Waals surface area contributed by atoms with Gasteiger partial charge in [-0.3, -0.25) is 4.90 Å². The quantitative estimate of drug-likeness (QED) is 0.764. The van der Waals surface area contributed by atoms with Gasteiger partial charge >= 0.3 is 0 Å². The van der Waals surface area contributed by atoms with E-state index in [1.54, 1.807) is 0 Å². The van der Waals surface area contributed by atoms with Gasteiger partial charge in [0.05, 0.1) is 0 Å². The summed E-state index contributed by atoms with van der Waals surface area (Å²) in [5.41, 5.74) is 0.456. The zero-order chi connectivity index (χ0) is 12.9. The standard InChI is InChI=1S/C14H30N2S/c1-12-10-16(11-13(2)17-12)9-8-15-7-6-14(3,4)5/h12-13,15H,6-11H2,1-5H3. The van der Waals surface area contributed by atoms with Crippen molar-refractivity contribution < 1.29 is 0 Å². The minimum atomic E-state index is 0.456. The van der Waals surface area contributed by atoms with Gasteiger partial charge in [0.2, 0.25) is 0 Å². The van der Waals surface area contributed by atoms with E-state index >= 15 is 0 Å². The highest BCUT2D eigenvalue weighted by molar-refractivity contribution is 8.00. The normalized spacial score (nSPS) is 27.4.